The van der Waals surface area contributed by atoms with Crippen LogP contribution in [-0.2, 0) is 0 Å². The number of benzene rings is 11. The van der Waals surface area contributed by atoms with Crippen LogP contribution in [0, 0.1) is 0 Å². The summed E-state index contributed by atoms with van der Waals surface area (Å²) in [6.45, 7) is 0. The fourth-order valence-corrected chi connectivity index (χ4v) is 9.64. The number of para-hydroxylation sites is 1. The van der Waals surface area contributed by atoms with Gasteiger partial charge in [-0.3, -0.25) is 0 Å². The van der Waals surface area contributed by atoms with Gasteiger partial charge in [-0.1, -0.05) is 146 Å². The molecule has 0 N–H and O–H groups in total. The van der Waals surface area contributed by atoms with Crippen LogP contribution < -0.4 is 0 Å². The maximum Gasteiger partial charge on any atom is 0.143 e. The third kappa shape index (κ3) is 4.10. The summed E-state index contributed by atoms with van der Waals surface area (Å²) in [5.41, 5.74) is 10.6. The van der Waals surface area contributed by atoms with Crippen molar-refractivity contribution in [2.45, 2.75) is 0 Å². The van der Waals surface area contributed by atoms with Gasteiger partial charge in [-0.15, -0.1) is 0 Å². The van der Waals surface area contributed by atoms with Gasteiger partial charge in [0.1, 0.15) is 22.3 Å². The molecule has 0 atom stereocenters. The lowest BCUT2D eigenvalue weighted by molar-refractivity contribution is 0.669. The van der Waals surface area contributed by atoms with E-state index in [1.54, 1.807) is 0 Å². The molecule has 13 rings (SSSR count). The second kappa shape index (κ2) is 11.1. The lowest BCUT2D eigenvalue weighted by Gasteiger charge is -2.17. The first-order valence-electron chi connectivity index (χ1n) is 19.2. The van der Waals surface area contributed by atoms with Crippen LogP contribution in [0.4, 0.5) is 0 Å². The zero-order chi connectivity index (χ0) is 36.5. The van der Waals surface area contributed by atoms with Gasteiger partial charge < -0.3 is 8.83 Å². The summed E-state index contributed by atoms with van der Waals surface area (Å²) in [5.74, 6) is 0. The molecule has 2 heteroatoms. The number of fused-ring (bicyclic) bond motifs is 8. The molecule has 13 aromatic rings. The molecule has 0 amide bonds. The highest BCUT2D eigenvalue weighted by atomic mass is 16.3. The number of hydrogen-bond donors (Lipinski definition) is 0. The molecule has 0 aliphatic rings. The predicted octanol–water partition coefficient (Wildman–Crippen LogP) is 15.7. The van der Waals surface area contributed by atoms with Gasteiger partial charge in [0.05, 0.1) is 0 Å². The van der Waals surface area contributed by atoms with Crippen LogP contribution >= 0.6 is 0 Å². The molecule has 0 spiro atoms. The molecule has 56 heavy (non-hydrogen) atoms. The molecule has 0 aliphatic carbocycles. The second-order valence-electron chi connectivity index (χ2n) is 15.1. The van der Waals surface area contributed by atoms with Crippen LogP contribution in [-0.4, -0.2) is 0 Å². The topological polar surface area (TPSA) is 26.3 Å². The molecule has 0 fully saturated rings. The van der Waals surface area contributed by atoms with Crippen LogP contribution in [0.15, 0.2) is 191 Å². The number of rotatable bonds is 3. The van der Waals surface area contributed by atoms with E-state index in [1.165, 1.54) is 76.1 Å². The molecule has 0 bridgehead atoms. The van der Waals surface area contributed by atoms with Gasteiger partial charge >= 0.3 is 0 Å². The molecule has 0 unspecified atom stereocenters. The monoisotopic (exact) mass is 710 g/mol. The average molecular weight is 711 g/mol. The Bertz CT molecular complexity index is 3770. The molecule has 0 aliphatic heterocycles. The lowest BCUT2D eigenvalue weighted by atomic mass is 9.85. The fraction of sp³-hybridized carbons (Fsp3) is 0. The lowest BCUT2D eigenvalue weighted by Crippen LogP contribution is -1.90. The standard InChI is InChI=1S/C54H30O2/c1-2-9-34-28-37(17-16-31(34)8-1)38-26-27-44(53-46-29-35-10-3-4-11-36(35)30-49(46)56-54(38)53)40-23-19-33-20-24-42-39(22-18-32-21-25-43(40)51(33)50(32)42)41-13-7-15-48-52(41)45-12-5-6-14-47(45)55-48/h1-30H. The summed E-state index contributed by atoms with van der Waals surface area (Å²) in [7, 11) is 0. The van der Waals surface area contributed by atoms with Crippen LogP contribution in [0.5, 0.6) is 0 Å². The summed E-state index contributed by atoms with van der Waals surface area (Å²) in [6.07, 6.45) is 0. The van der Waals surface area contributed by atoms with E-state index < -0.39 is 0 Å². The fourth-order valence-electron chi connectivity index (χ4n) is 9.64. The molecule has 2 aromatic heterocycles. The second-order valence-corrected chi connectivity index (χ2v) is 15.1. The minimum absolute atomic E-state index is 0.900. The SMILES string of the molecule is c1ccc2cc(-c3ccc(-c4ccc5ccc6c(-c7cccc8oc9ccccc9c78)ccc7ccc4c5c76)c4c3oc3cc5ccccc5cc34)ccc2c1. The van der Waals surface area contributed by atoms with E-state index in [9.17, 15) is 0 Å². The maximum atomic E-state index is 6.96. The van der Waals surface area contributed by atoms with E-state index in [0.717, 1.165) is 55.0 Å². The Balaban J connectivity index is 1.10. The predicted molar refractivity (Wildman–Crippen MR) is 236 cm³/mol. The van der Waals surface area contributed by atoms with Gasteiger partial charge in [0.15, 0.2) is 0 Å². The van der Waals surface area contributed by atoms with Crippen molar-refractivity contribution in [3.8, 4) is 33.4 Å². The Morgan fingerprint density at radius 1 is 0.250 bits per heavy atom. The zero-order valence-corrected chi connectivity index (χ0v) is 30.1. The molecule has 2 nitrogen and oxygen atoms in total. The molecule has 0 saturated carbocycles. The van der Waals surface area contributed by atoms with Gasteiger partial charge in [0, 0.05) is 27.1 Å². The molecule has 258 valence electrons. The number of hydrogen-bond acceptors (Lipinski definition) is 2. The Kier molecular flexibility index (Phi) is 5.92. The van der Waals surface area contributed by atoms with Crippen molar-refractivity contribution < 1.29 is 8.83 Å². The van der Waals surface area contributed by atoms with Crippen LogP contribution in [0.3, 0.4) is 0 Å². The minimum atomic E-state index is 0.900. The van der Waals surface area contributed by atoms with E-state index in [4.69, 9.17) is 8.83 Å². The number of furan rings is 2. The van der Waals surface area contributed by atoms with E-state index >= 15 is 0 Å². The Hall–Kier alpha value is -7.42. The van der Waals surface area contributed by atoms with Crippen LogP contribution in [0.1, 0.15) is 0 Å². The van der Waals surface area contributed by atoms with E-state index in [2.05, 4.69) is 176 Å². The Labute approximate surface area is 320 Å². The van der Waals surface area contributed by atoms with Crippen molar-refractivity contribution in [3.05, 3.63) is 182 Å². The van der Waals surface area contributed by atoms with Gasteiger partial charge in [0.2, 0.25) is 0 Å². The van der Waals surface area contributed by atoms with Crippen molar-refractivity contribution in [1.29, 1.82) is 0 Å². The summed E-state index contributed by atoms with van der Waals surface area (Å²) in [6, 6.07) is 66.1. The summed E-state index contributed by atoms with van der Waals surface area (Å²) in [5, 5.41) is 16.9. The highest BCUT2D eigenvalue weighted by Crippen LogP contribution is 2.48. The molecular formula is C54H30O2. The molecule has 0 saturated heterocycles. The third-order valence-corrected chi connectivity index (χ3v) is 12.2. The average Bonchev–Trinajstić information content (AvgIpc) is 3.83. The molecular weight excluding hydrogens is 681 g/mol. The molecule has 0 radical (unpaired) electrons. The maximum absolute atomic E-state index is 6.96. The summed E-state index contributed by atoms with van der Waals surface area (Å²) >= 11 is 0. The third-order valence-electron chi connectivity index (χ3n) is 12.2. The van der Waals surface area contributed by atoms with Crippen molar-refractivity contribution in [3.63, 3.8) is 0 Å². The first kappa shape index (κ1) is 30.0. The normalized spacial score (nSPS) is 12.3. The van der Waals surface area contributed by atoms with E-state index in [-0.39, 0.29) is 0 Å². The summed E-state index contributed by atoms with van der Waals surface area (Å²) in [4.78, 5) is 0. The first-order valence-corrected chi connectivity index (χ1v) is 19.2. The smallest absolute Gasteiger partial charge is 0.143 e. The zero-order valence-electron chi connectivity index (χ0n) is 30.1. The quantitative estimate of drug-likeness (QED) is 0.171. The van der Waals surface area contributed by atoms with Gasteiger partial charge in [-0.2, -0.15) is 0 Å². The molecule has 11 aromatic carbocycles. The largest absolute Gasteiger partial charge is 0.456 e. The Morgan fingerprint density at radius 3 is 1.59 bits per heavy atom. The van der Waals surface area contributed by atoms with Crippen LogP contribution in [0.25, 0.3) is 131 Å². The van der Waals surface area contributed by atoms with Gasteiger partial charge in [-0.25, -0.2) is 0 Å². The van der Waals surface area contributed by atoms with Gasteiger partial charge in [0.25, 0.3) is 0 Å². The van der Waals surface area contributed by atoms with Crippen LogP contribution in [0.2, 0.25) is 0 Å². The van der Waals surface area contributed by atoms with Crippen molar-refractivity contribution in [2.24, 2.45) is 0 Å². The first-order chi connectivity index (χ1) is 27.7. The van der Waals surface area contributed by atoms with Gasteiger partial charge in [-0.05, 0) is 118 Å². The molecule has 2 heterocycles. The Morgan fingerprint density at radius 2 is 0.821 bits per heavy atom. The highest BCUT2D eigenvalue weighted by molar-refractivity contribution is 6.30. The van der Waals surface area contributed by atoms with Crippen molar-refractivity contribution >= 4 is 97.7 Å². The van der Waals surface area contributed by atoms with Crippen molar-refractivity contribution in [1.82, 2.24) is 0 Å². The van der Waals surface area contributed by atoms with E-state index in [1.807, 2.05) is 6.07 Å². The van der Waals surface area contributed by atoms with E-state index in [0.29, 0.717) is 0 Å². The summed E-state index contributed by atoms with van der Waals surface area (Å²) < 4.78 is 13.3. The highest BCUT2D eigenvalue weighted by Gasteiger charge is 2.22. The minimum Gasteiger partial charge on any atom is -0.456 e. The van der Waals surface area contributed by atoms with Crippen molar-refractivity contribution in [2.75, 3.05) is 0 Å².